The third-order valence-electron chi connectivity index (χ3n) is 6.14. The number of nitrogens with one attached hydrogen (secondary N) is 2. The summed E-state index contributed by atoms with van der Waals surface area (Å²) in [6, 6.07) is 5.31. The first kappa shape index (κ1) is 23.3. The van der Waals surface area contributed by atoms with Gasteiger partial charge >= 0.3 is 6.09 Å². The van der Waals surface area contributed by atoms with Crippen molar-refractivity contribution in [2.75, 3.05) is 31.1 Å². The van der Waals surface area contributed by atoms with Gasteiger partial charge in [-0.3, -0.25) is 15.5 Å². The number of alkyl carbamates (subject to hydrolysis) is 1. The van der Waals surface area contributed by atoms with Crippen molar-refractivity contribution in [3.05, 3.63) is 29.1 Å². The third kappa shape index (κ3) is 5.45. The Morgan fingerprint density at radius 3 is 2.41 bits per heavy atom. The second-order valence-electron chi connectivity index (χ2n) is 8.09. The molecule has 2 saturated heterocycles. The maximum Gasteiger partial charge on any atom is 0.414 e. The SMILES string of the molecule is N#Cc1ccc(COC(=O)NC(=N)N)c(F)c1N1CCC(N2CCC(C(N)=O)CC2)CC1. The maximum absolute atomic E-state index is 15.3. The number of guanidine groups is 1. The molecule has 2 fully saturated rings. The van der Waals surface area contributed by atoms with Crippen LogP contribution in [0, 0.1) is 28.5 Å². The summed E-state index contributed by atoms with van der Waals surface area (Å²) in [6.07, 6.45) is 2.20. The van der Waals surface area contributed by atoms with E-state index < -0.39 is 17.9 Å². The van der Waals surface area contributed by atoms with Crippen LogP contribution in [0.5, 0.6) is 0 Å². The molecule has 2 amide bonds. The van der Waals surface area contributed by atoms with Crippen molar-refractivity contribution in [2.24, 2.45) is 17.4 Å². The Bertz CT molecular complexity index is 917. The summed E-state index contributed by atoms with van der Waals surface area (Å²) in [5.41, 5.74) is 11.1. The lowest BCUT2D eigenvalue weighted by Gasteiger charge is -2.42. The molecular formula is C21H28FN7O3. The Labute approximate surface area is 185 Å². The molecule has 3 rings (SSSR count). The first-order valence-corrected chi connectivity index (χ1v) is 10.6. The van der Waals surface area contributed by atoms with Crippen molar-refractivity contribution in [2.45, 2.75) is 38.3 Å². The van der Waals surface area contributed by atoms with Gasteiger partial charge in [0, 0.05) is 30.6 Å². The number of ether oxygens (including phenoxy) is 1. The Morgan fingerprint density at radius 1 is 1.19 bits per heavy atom. The minimum absolute atomic E-state index is 0.0545. The van der Waals surface area contributed by atoms with E-state index in [0.717, 1.165) is 38.8 Å². The zero-order chi connectivity index (χ0) is 23.3. The topological polar surface area (TPSA) is 162 Å². The van der Waals surface area contributed by atoms with Crippen LogP contribution in [0.25, 0.3) is 0 Å². The Morgan fingerprint density at radius 2 is 1.84 bits per heavy atom. The molecule has 0 spiro atoms. The van der Waals surface area contributed by atoms with Crippen LogP contribution in [-0.4, -0.2) is 55.1 Å². The van der Waals surface area contributed by atoms with Gasteiger partial charge in [-0.1, -0.05) is 6.07 Å². The number of carbonyl (C=O) groups is 2. The summed E-state index contributed by atoms with van der Waals surface area (Å²) < 4.78 is 20.2. The van der Waals surface area contributed by atoms with E-state index in [0.29, 0.717) is 19.1 Å². The van der Waals surface area contributed by atoms with Crippen LogP contribution in [0.1, 0.15) is 36.8 Å². The predicted octanol–water partition coefficient (Wildman–Crippen LogP) is 0.983. The molecule has 10 nitrogen and oxygen atoms in total. The molecule has 0 bridgehead atoms. The van der Waals surface area contributed by atoms with Crippen molar-refractivity contribution < 1.29 is 18.7 Å². The molecule has 0 atom stereocenters. The van der Waals surface area contributed by atoms with Gasteiger partial charge in [0.25, 0.3) is 0 Å². The van der Waals surface area contributed by atoms with E-state index in [-0.39, 0.29) is 35.2 Å². The summed E-state index contributed by atoms with van der Waals surface area (Å²) in [7, 11) is 0. The van der Waals surface area contributed by atoms with Gasteiger partial charge in [-0.25, -0.2) is 9.18 Å². The molecule has 1 aromatic rings. The fourth-order valence-corrected chi connectivity index (χ4v) is 4.41. The van der Waals surface area contributed by atoms with Crippen molar-refractivity contribution in [1.82, 2.24) is 10.2 Å². The van der Waals surface area contributed by atoms with E-state index >= 15 is 4.39 Å². The van der Waals surface area contributed by atoms with E-state index in [1.165, 1.54) is 12.1 Å². The lowest BCUT2D eigenvalue weighted by Crippen LogP contribution is -2.49. The van der Waals surface area contributed by atoms with Crippen molar-refractivity contribution in [1.29, 1.82) is 10.7 Å². The fourth-order valence-electron chi connectivity index (χ4n) is 4.41. The number of rotatable bonds is 5. The van der Waals surface area contributed by atoms with Gasteiger partial charge in [0.2, 0.25) is 5.91 Å². The zero-order valence-corrected chi connectivity index (χ0v) is 17.8. The lowest BCUT2D eigenvalue weighted by atomic mass is 9.93. The average molecular weight is 445 g/mol. The summed E-state index contributed by atoms with van der Waals surface area (Å²) in [4.78, 5) is 27.1. The van der Waals surface area contributed by atoms with Crippen LogP contribution in [0.3, 0.4) is 0 Å². The fraction of sp³-hybridized carbons (Fsp3) is 0.524. The number of nitriles is 1. The second-order valence-corrected chi connectivity index (χ2v) is 8.09. The third-order valence-corrected chi connectivity index (χ3v) is 6.14. The number of primary amides is 1. The molecule has 0 saturated carbocycles. The minimum Gasteiger partial charge on any atom is -0.444 e. The molecule has 2 heterocycles. The Kier molecular flexibility index (Phi) is 7.48. The van der Waals surface area contributed by atoms with Gasteiger partial charge in [0.1, 0.15) is 12.7 Å². The van der Waals surface area contributed by atoms with Gasteiger partial charge in [0.15, 0.2) is 11.8 Å². The number of carbonyl (C=O) groups excluding carboxylic acids is 2. The lowest BCUT2D eigenvalue weighted by molar-refractivity contribution is -0.123. The number of hydrogen-bond donors (Lipinski definition) is 4. The number of amides is 2. The van der Waals surface area contributed by atoms with E-state index in [1.54, 1.807) is 0 Å². The summed E-state index contributed by atoms with van der Waals surface area (Å²) >= 11 is 0. The van der Waals surface area contributed by atoms with Crippen LogP contribution in [0.2, 0.25) is 0 Å². The predicted molar refractivity (Wildman–Crippen MR) is 115 cm³/mol. The number of hydrogen-bond acceptors (Lipinski definition) is 7. The highest BCUT2D eigenvalue weighted by Crippen LogP contribution is 2.31. The molecule has 0 aromatic heterocycles. The van der Waals surface area contributed by atoms with E-state index in [4.69, 9.17) is 21.6 Å². The van der Waals surface area contributed by atoms with Crippen molar-refractivity contribution in [3.8, 4) is 6.07 Å². The molecule has 32 heavy (non-hydrogen) atoms. The van der Waals surface area contributed by atoms with E-state index in [9.17, 15) is 14.9 Å². The van der Waals surface area contributed by atoms with Crippen molar-refractivity contribution in [3.63, 3.8) is 0 Å². The molecule has 1 aromatic carbocycles. The van der Waals surface area contributed by atoms with Crippen LogP contribution in [0.15, 0.2) is 12.1 Å². The van der Waals surface area contributed by atoms with Gasteiger partial charge in [-0.05, 0) is 44.8 Å². The first-order chi connectivity index (χ1) is 15.3. The molecule has 2 aliphatic rings. The number of benzene rings is 1. The summed E-state index contributed by atoms with van der Waals surface area (Å²) in [5.74, 6) is -1.46. The smallest absolute Gasteiger partial charge is 0.414 e. The Hall–Kier alpha value is -3.39. The second kappa shape index (κ2) is 10.3. The van der Waals surface area contributed by atoms with Gasteiger partial charge in [-0.15, -0.1) is 0 Å². The zero-order valence-electron chi connectivity index (χ0n) is 17.8. The van der Waals surface area contributed by atoms with Crippen LogP contribution >= 0.6 is 0 Å². The Balaban J connectivity index is 1.64. The van der Waals surface area contributed by atoms with Gasteiger partial charge in [-0.2, -0.15) is 5.26 Å². The molecular weight excluding hydrogens is 417 g/mol. The van der Waals surface area contributed by atoms with Crippen molar-refractivity contribution >= 4 is 23.6 Å². The first-order valence-electron chi connectivity index (χ1n) is 10.6. The number of anilines is 1. The summed E-state index contributed by atoms with van der Waals surface area (Å²) in [6.45, 7) is 2.47. The standard InChI is InChI=1S/C21H28FN7O3/c22-17-15(12-32-21(31)27-20(25)26)2-1-14(11-23)18(17)29-9-5-16(6-10-29)28-7-3-13(4-8-28)19(24)30/h1-2,13,16H,3-10,12H2,(H2,24,30)(H4,25,26,27,31). The monoisotopic (exact) mass is 445 g/mol. The van der Waals surface area contributed by atoms with Crippen LogP contribution in [0.4, 0.5) is 14.9 Å². The number of nitrogens with zero attached hydrogens (tertiary/aromatic N) is 3. The molecule has 0 radical (unpaired) electrons. The van der Waals surface area contributed by atoms with Gasteiger partial charge in [0.05, 0.1) is 11.3 Å². The molecule has 11 heteroatoms. The average Bonchev–Trinajstić information content (AvgIpc) is 2.77. The number of piperidine rings is 2. The molecule has 0 aliphatic carbocycles. The molecule has 0 unspecified atom stereocenters. The van der Waals surface area contributed by atoms with Crippen LogP contribution in [-0.2, 0) is 16.1 Å². The number of halogens is 1. The van der Waals surface area contributed by atoms with Crippen LogP contribution < -0.4 is 21.7 Å². The number of likely N-dealkylation sites (tertiary alicyclic amines) is 1. The largest absolute Gasteiger partial charge is 0.444 e. The minimum atomic E-state index is -0.955. The quantitative estimate of drug-likeness (QED) is 0.388. The molecule has 172 valence electrons. The normalized spacial score (nSPS) is 18.1. The summed E-state index contributed by atoms with van der Waals surface area (Å²) in [5, 5.41) is 18.5. The highest BCUT2D eigenvalue weighted by molar-refractivity contribution is 5.90. The number of nitrogens with two attached hydrogens (primary N) is 2. The highest BCUT2D eigenvalue weighted by atomic mass is 19.1. The molecule has 2 aliphatic heterocycles. The maximum atomic E-state index is 15.3. The van der Waals surface area contributed by atoms with E-state index in [2.05, 4.69) is 4.90 Å². The van der Waals surface area contributed by atoms with Gasteiger partial charge < -0.3 is 26.0 Å². The highest BCUT2D eigenvalue weighted by Gasteiger charge is 2.31. The molecule has 6 N–H and O–H groups in total. The van der Waals surface area contributed by atoms with E-state index in [1.807, 2.05) is 16.3 Å².